The molecule has 30 heavy (non-hydrogen) atoms. The van der Waals surface area contributed by atoms with Crippen molar-refractivity contribution >= 4 is 5.91 Å². The van der Waals surface area contributed by atoms with Crippen LogP contribution in [0.1, 0.15) is 37.4 Å². The lowest BCUT2D eigenvalue weighted by Crippen LogP contribution is -2.28. The number of amides is 1. The zero-order valence-electron chi connectivity index (χ0n) is 17.1. The van der Waals surface area contributed by atoms with Crippen LogP contribution >= 0.6 is 0 Å². The second-order valence-electron chi connectivity index (χ2n) is 7.36. The summed E-state index contributed by atoms with van der Waals surface area (Å²) in [7, 11) is 1.61. The van der Waals surface area contributed by atoms with Crippen LogP contribution in [-0.4, -0.2) is 34.4 Å². The average molecular weight is 406 g/mol. The third-order valence-corrected chi connectivity index (χ3v) is 5.28. The summed E-state index contributed by atoms with van der Waals surface area (Å²) in [6, 6.07) is 15.4. The second kappa shape index (κ2) is 9.43. The van der Waals surface area contributed by atoms with Crippen LogP contribution in [0.2, 0.25) is 0 Å². The molecule has 0 radical (unpaired) electrons. The highest BCUT2D eigenvalue weighted by molar-refractivity contribution is 5.77. The SMILES string of the molecule is COc1ccc(OCC(=O)NCc2cc(-c3ccccn3)n(C3CCCC3)n2)cc1. The molecule has 0 bridgehead atoms. The highest BCUT2D eigenvalue weighted by Gasteiger charge is 2.22. The van der Waals surface area contributed by atoms with Crippen molar-refractivity contribution in [3.63, 3.8) is 0 Å². The van der Waals surface area contributed by atoms with E-state index < -0.39 is 0 Å². The Kier molecular flexibility index (Phi) is 6.27. The Bertz CT molecular complexity index is 964. The van der Waals surface area contributed by atoms with Crippen LogP contribution in [0, 0.1) is 0 Å². The van der Waals surface area contributed by atoms with Gasteiger partial charge in [-0.15, -0.1) is 0 Å². The number of rotatable bonds is 8. The third-order valence-electron chi connectivity index (χ3n) is 5.28. The molecule has 1 aliphatic rings. The Labute approximate surface area is 176 Å². The van der Waals surface area contributed by atoms with Crippen molar-refractivity contribution in [3.05, 3.63) is 60.4 Å². The Balaban J connectivity index is 1.38. The monoisotopic (exact) mass is 406 g/mol. The Morgan fingerprint density at radius 3 is 2.60 bits per heavy atom. The minimum atomic E-state index is -0.194. The van der Waals surface area contributed by atoms with Gasteiger partial charge in [0.1, 0.15) is 11.5 Å². The molecule has 0 spiro atoms. The third kappa shape index (κ3) is 4.79. The molecule has 1 amide bonds. The number of hydrogen-bond acceptors (Lipinski definition) is 5. The van der Waals surface area contributed by atoms with Gasteiger partial charge < -0.3 is 14.8 Å². The Morgan fingerprint density at radius 1 is 1.13 bits per heavy atom. The van der Waals surface area contributed by atoms with Gasteiger partial charge in [-0.2, -0.15) is 5.10 Å². The summed E-state index contributed by atoms with van der Waals surface area (Å²) in [4.78, 5) is 16.7. The average Bonchev–Trinajstić information content (AvgIpc) is 3.47. The number of carbonyl (C=O) groups is 1. The maximum absolute atomic E-state index is 12.2. The molecule has 3 aromatic rings. The summed E-state index contributed by atoms with van der Waals surface area (Å²) < 4.78 is 12.7. The zero-order valence-corrected chi connectivity index (χ0v) is 17.1. The van der Waals surface area contributed by atoms with Crippen LogP contribution in [0.25, 0.3) is 11.4 Å². The van der Waals surface area contributed by atoms with Gasteiger partial charge in [0.25, 0.3) is 5.91 Å². The number of aromatic nitrogens is 3. The first-order valence-corrected chi connectivity index (χ1v) is 10.3. The lowest BCUT2D eigenvalue weighted by molar-refractivity contribution is -0.123. The molecule has 7 heteroatoms. The normalized spacial score (nSPS) is 13.9. The summed E-state index contributed by atoms with van der Waals surface area (Å²) in [5.41, 5.74) is 2.72. The smallest absolute Gasteiger partial charge is 0.258 e. The van der Waals surface area contributed by atoms with Crippen LogP contribution in [0.3, 0.4) is 0 Å². The van der Waals surface area contributed by atoms with E-state index in [9.17, 15) is 4.79 Å². The fourth-order valence-electron chi connectivity index (χ4n) is 3.73. The second-order valence-corrected chi connectivity index (χ2v) is 7.36. The number of pyridine rings is 1. The lowest BCUT2D eigenvalue weighted by atomic mass is 10.2. The molecule has 0 atom stereocenters. The highest BCUT2D eigenvalue weighted by Crippen LogP contribution is 2.33. The first-order chi connectivity index (χ1) is 14.7. The lowest BCUT2D eigenvalue weighted by Gasteiger charge is -2.13. The van der Waals surface area contributed by atoms with E-state index in [4.69, 9.17) is 14.6 Å². The molecular weight excluding hydrogens is 380 g/mol. The number of hydrogen-bond donors (Lipinski definition) is 1. The number of nitrogens with zero attached hydrogens (tertiary/aromatic N) is 3. The molecule has 1 N–H and O–H groups in total. The predicted molar refractivity (Wildman–Crippen MR) is 113 cm³/mol. The molecule has 0 saturated heterocycles. The molecule has 7 nitrogen and oxygen atoms in total. The fourth-order valence-corrected chi connectivity index (χ4v) is 3.73. The van der Waals surface area contributed by atoms with E-state index >= 15 is 0 Å². The summed E-state index contributed by atoms with van der Waals surface area (Å²) in [6.45, 7) is 0.299. The van der Waals surface area contributed by atoms with E-state index in [1.807, 2.05) is 24.3 Å². The molecule has 2 aromatic heterocycles. The van der Waals surface area contributed by atoms with Crippen molar-refractivity contribution in [3.8, 4) is 22.9 Å². The minimum Gasteiger partial charge on any atom is -0.497 e. The maximum Gasteiger partial charge on any atom is 0.258 e. The number of benzene rings is 1. The van der Waals surface area contributed by atoms with E-state index in [0.717, 1.165) is 35.7 Å². The van der Waals surface area contributed by atoms with Gasteiger partial charge in [-0.3, -0.25) is 14.5 Å². The molecule has 156 valence electrons. The van der Waals surface area contributed by atoms with Crippen molar-refractivity contribution in [2.45, 2.75) is 38.3 Å². The first-order valence-electron chi connectivity index (χ1n) is 10.3. The largest absolute Gasteiger partial charge is 0.497 e. The van der Waals surface area contributed by atoms with Gasteiger partial charge in [0.2, 0.25) is 0 Å². The van der Waals surface area contributed by atoms with Gasteiger partial charge in [0.15, 0.2) is 6.61 Å². The van der Waals surface area contributed by atoms with Gasteiger partial charge in [-0.25, -0.2) is 0 Å². The van der Waals surface area contributed by atoms with E-state index in [2.05, 4.69) is 15.0 Å². The van der Waals surface area contributed by atoms with Crippen LogP contribution in [0.4, 0.5) is 0 Å². The van der Waals surface area contributed by atoms with Crippen molar-refractivity contribution in [2.75, 3.05) is 13.7 Å². The van der Waals surface area contributed by atoms with Crippen molar-refractivity contribution in [1.29, 1.82) is 0 Å². The van der Waals surface area contributed by atoms with Crippen molar-refractivity contribution < 1.29 is 14.3 Å². The van der Waals surface area contributed by atoms with Crippen molar-refractivity contribution in [1.82, 2.24) is 20.1 Å². The predicted octanol–water partition coefficient (Wildman–Crippen LogP) is 3.76. The summed E-state index contributed by atoms with van der Waals surface area (Å²) in [5.74, 6) is 1.17. The summed E-state index contributed by atoms with van der Waals surface area (Å²) in [5, 5.41) is 7.67. The number of methoxy groups -OCH3 is 1. The van der Waals surface area contributed by atoms with E-state index in [-0.39, 0.29) is 12.5 Å². The molecule has 1 aromatic carbocycles. The van der Waals surface area contributed by atoms with Gasteiger partial charge in [-0.05, 0) is 55.3 Å². The minimum absolute atomic E-state index is 0.0528. The molecule has 1 saturated carbocycles. The quantitative estimate of drug-likeness (QED) is 0.616. The van der Waals surface area contributed by atoms with Crippen LogP contribution in [-0.2, 0) is 11.3 Å². The number of carbonyl (C=O) groups excluding carboxylic acids is 1. The molecular formula is C23H26N4O3. The van der Waals surface area contributed by atoms with Crippen LogP contribution in [0.5, 0.6) is 11.5 Å². The van der Waals surface area contributed by atoms with Crippen LogP contribution in [0.15, 0.2) is 54.7 Å². The Hall–Kier alpha value is -3.35. The van der Waals surface area contributed by atoms with Gasteiger partial charge in [0.05, 0.1) is 36.8 Å². The highest BCUT2D eigenvalue weighted by atomic mass is 16.5. The van der Waals surface area contributed by atoms with Gasteiger partial charge in [0, 0.05) is 6.20 Å². The summed E-state index contributed by atoms with van der Waals surface area (Å²) in [6.07, 6.45) is 6.49. The maximum atomic E-state index is 12.2. The van der Waals surface area contributed by atoms with E-state index in [1.165, 1.54) is 12.8 Å². The molecule has 4 rings (SSSR count). The molecule has 0 unspecified atom stereocenters. The molecule has 1 fully saturated rings. The topological polar surface area (TPSA) is 78.3 Å². The Morgan fingerprint density at radius 2 is 1.90 bits per heavy atom. The number of nitrogens with one attached hydrogen (secondary N) is 1. The zero-order chi connectivity index (χ0) is 20.8. The van der Waals surface area contributed by atoms with Gasteiger partial charge >= 0.3 is 0 Å². The molecule has 0 aliphatic heterocycles. The summed E-state index contributed by atoms with van der Waals surface area (Å²) >= 11 is 0. The molecule has 2 heterocycles. The van der Waals surface area contributed by atoms with E-state index in [0.29, 0.717) is 18.3 Å². The fraction of sp³-hybridized carbons (Fsp3) is 0.348. The molecule has 1 aliphatic carbocycles. The standard InChI is InChI=1S/C23H26N4O3/c1-29-19-9-11-20(12-10-19)30-16-23(28)25-15-17-14-22(21-8-4-5-13-24-21)27(26-17)18-6-2-3-7-18/h4-5,8-14,18H,2-3,6-7,15-16H2,1H3,(H,25,28). The van der Waals surface area contributed by atoms with Gasteiger partial charge in [-0.1, -0.05) is 18.9 Å². The van der Waals surface area contributed by atoms with E-state index in [1.54, 1.807) is 37.6 Å². The van der Waals surface area contributed by atoms with Crippen LogP contribution < -0.4 is 14.8 Å². The first kappa shape index (κ1) is 19.9. The van der Waals surface area contributed by atoms with Crippen molar-refractivity contribution in [2.24, 2.45) is 0 Å². The number of ether oxygens (including phenoxy) is 2.